The molecule has 0 spiro atoms. The minimum Gasteiger partial charge on any atom is -0.291 e. The first-order chi connectivity index (χ1) is 10.7. The second-order valence-electron chi connectivity index (χ2n) is 4.85. The Morgan fingerprint density at radius 2 is 2.09 bits per heavy atom. The Bertz CT molecular complexity index is 697. The van der Waals surface area contributed by atoms with Gasteiger partial charge in [-0.3, -0.25) is 9.69 Å². The molecule has 0 aliphatic carbocycles. The molecule has 2 aromatic rings. The van der Waals surface area contributed by atoms with Gasteiger partial charge in [0.25, 0.3) is 0 Å². The van der Waals surface area contributed by atoms with Gasteiger partial charge in [-0.2, -0.15) is 0 Å². The molecule has 3 rings (SSSR count). The van der Waals surface area contributed by atoms with Gasteiger partial charge in [0.2, 0.25) is 5.91 Å². The van der Waals surface area contributed by atoms with E-state index in [-0.39, 0.29) is 12.3 Å². The molecule has 0 N–H and O–H groups in total. The lowest BCUT2D eigenvalue weighted by Crippen LogP contribution is -2.26. The van der Waals surface area contributed by atoms with E-state index in [0.29, 0.717) is 28.2 Å². The summed E-state index contributed by atoms with van der Waals surface area (Å²) >= 11 is 7.76. The Morgan fingerprint density at radius 1 is 1.32 bits per heavy atom. The lowest BCUT2D eigenvalue weighted by Gasteiger charge is -2.16. The van der Waals surface area contributed by atoms with Gasteiger partial charge in [0.15, 0.2) is 5.16 Å². The van der Waals surface area contributed by atoms with Crippen molar-refractivity contribution in [3.05, 3.63) is 35.0 Å². The van der Waals surface area contributed by atoms with Crippen molar-refractivity contribution in [3.63, 3.8) is 0 Å². The van der Waals surface area contributed by atoms with Gasteiger partial charge in [0.1, 0.15) is 17.3 Å². The van der Waals surface area contributed by atoms with Crippen molar-refractivity contribution in [2.75, 3.05) is 10.7 Å². The highest BCUT2D eigenvalue weighted by molar-refractivity contribution is 7.99. The molecule has 6 nitrogen and oxygen atoms in total. The van der Waals surface area contributed by atoms with E-state index in [0.717, 1.165) is 17.7 Å². The van der Waals surface area contributed by atoms with Crippen LogP contribution in [0.5, 0.6) is 0 Å². The van der Waals surface area contributed by atoms with Gasteiger partial charge in [-0.05, 0) is 6.42 Å². The first-order valence-electron chi connectivity index (χ1n) is 6.92. The summed E-state index contributed by atoms with van der Waals surface area (Å²) < 4.78 is 0. The number of hydrogen-bond donors (Lipinski definition) is 0. The molecular formula is C14H14ClN5OS. The minimum absolute atomic E-state index is 0.0345. The molecule has 0 aromatic carbocycles. The quantitative estimate of drug-likeness (QED) is 0.475. The maximum atomic E-state index is 12.3. The number of carbonyl (C=O) groups is 1. The van der Waals surface area contributed by atoms with Gasteiger partial charge in [0.05, 0.1) is 13.0 Å². The minimum atomic E-state index is -0.0345. The average molecular weight is 336 g/mol. The molecule has 22 heavy (non-hydrogen) atoms. The Balaban J connectivity index is 1.91. The van der Waals surface area contributed by atoms with E-state index in [4.69, 9.17) is 11.6 Å². The van der Waals surface area contributed by atoms with Gasteiger partial charge in [0, 0.05) is 29.3 Å². The van der Waals surface area contributed by atoms with E-state index in [1.165, 1.54) is 6.33 Å². The van der Waals surface area contributed by atoms with E-state index in [1.807, 2.05) is 0 Å². The van der Waals surface area contributed by atoms with Crippen LogP contribution in [-0.4, -0.2) is 31.6 Å². The van der Waals surface area contributed by atoms with Crippen LogP contribution in [-0.2, 0) is 17.8 Å². The number of anilines is 1. The van der Waals surface area contributed by atoms with Crippen molar-refractivity contribution >= 4 is 35.1 Å². The van der Waals surface area contributed by atoms with Gasteiger partial charge in [-0.25, -0.2) is 19.9 Å². The molecule has 0 saturated heterocycles. The SMILES string of the molecule is CCCSc1nc(Cl)c2c(n1)N(Cc1cncnc1)C(=O)C2. The average Bonchev–Trinajstić information content (AvgIpc) is 2.83. The number of hydrogen-bond acceptors (Lipinski definition) is 6. The standard InChI is InChI=1S/C14H14ClN5OS/c1-2-3-22-14-18-12(15)10-4-11(21)20(13(10)19-14)7-9-5-16-8-17-6-9/h5-6,8H,2-4,7H2,1H3. The Kier molecular flexibility index (Phi) is 4.54. The normalized spacial score (nSPS) is 13.5. The van der Waals surface area contributed by atoms with Crippen LogP contribution in [0.1, 0.15) is 24.5 Å². The molecule has 0 radical (unpaired) electrons. The van der Waals surface area contributed by atoms with E-state index in [2.05, 4.69) is 26.9 Å². The molecular weight excluding hydrogens is 322 g/mol. The van der Waals surface area contributed by atoms with Crippen LogP contribution >= 0.6 is 23.4 Å². The van der Waals surface area contributed by atoms with Crippen molar-refractivity contribution in [1.82, 2.24) is 19.9 Å². The molecule has 1 amide bonds. The zero-order chi connectivity index (χ0) is 15.5. The van der Waals surface area contributed by atoms with Crippen LogP contribution in [0.2, 0.25) is 5.15 Å². The van der Waals surface area contributed by atoms with Crippen LogP contribution in [0.15, 0.2) is 23.9 Å². The van der Waals surface area contributed by atoms with Gasteiger partial charge in [-0.1, -0.05) is 30.3 Å². The van der Waals surface area contributed by atoms with Crippen molar-refractivity contribution in [3.8, 4) is 0 Å². The molecule has 1 aliphatic heterocycles. The predicted molar refractivity (Wildman–Crippen MR) is 85.0 cm³/mol. The number of fused-ring (bicyclic) bond motifs is 1. The molecule has 0 atom stereocenters. The van der Waals surface area contributed by atoms with Crippen molar-refractivity contribution in [2.24, 2.45) is 0 Å². The number of amides is 1. The molecule has 8 heteroatoms. The van der Waals surface area contributed by atoms with Gasteiger partial charge >= 0.3 is 0 Å². The zero-order valence-corrected chi connectivity index (χ0v) is 13.6. The Hall–Kier alpha value is -1.73. The summed E-state index contributed by atoms with van der Waals surface area (Å²) in [5.41, 5.74) is 1.55. The summed E-state index contributed by atoms with van der Waals surface area (Å²) in [5, 5.41) is 0.971. The number of carbonyl (C=O) groups excluding carboxylic acids is 1. The smallest absolute Gasteiger partial charge is 0.233 e. The lowest BCUT2D eigenvalue weighted by molar-refractivity contribution is -0.117. The summed E-state index contributed by atoms with van der Waals surface area (Å²) in [6, 6.07) is 0. The summed E-state index contributed by atoms with van der Waals surface area (Å²) in [6.07, 6.45) is 6.09. The molecule has 1 aliphatic rings. The third-order valence-corrected chi connectivity index (χ3v) is 4.55. The van der Waals surface area contributed by atoms with Crippen molar-refractivity contribution in [1.29, 1.82) is 0 Å². The molecule has 3 heterocycles. The molecule has 114 valence electrons. The van der Waals surface area contributed by atoms with E-state index >= 15 is 0 Å². The second-order valence-corrected chi connectivity index (χ2v) is 6.27. The monoisotopic (exact) mass is 335 g/mol. The largest absolute Gasteiger partial charge is 0.291 e. The highest BCUT2D eigenvalue weighted by Crippen LogP contribution is 2.34. The van der Waals surface area contributed by atoms with Crippen LogP contribution < -0.4 is 4.90 Å². The van der Waals surface area contributed by atoms with Crippen LogP contribution in [0.25, 0.3) is 0 Å². The summed E-state index contributed by atoms with van der Waals surface area (Å²) in [7, 11) is 0. The fourth-order valence-electron chi connectivity index (χ4n) is 2.18. The number of nitrogens with zero attached hydrogens (tertiary/aromatic N) is 5. The van der Waals surface area contributed by atoms with E-state index in [9.17, 15) is 4.79 Å². The molecule has 0 fully saturated rings. The Morgan fingerprint density at radius 3 is 2.82 bits per heavy atom. The first-order valence-corrected chi connectivity index (χ1v) is 8.29. The number of aromatic nitrogens is 4. The fraction of sp³-hybridized carbons (Fsp3) is 0.357. The summed E-state index contributed by atoms with van der Waals surface area (Å²) in [6.45, 7) is 2.48. The molecule has 0 bridgehead atoms. The number of halogens is 1. The van der Waals surface area contributed by atoms with Crippen LogP contribution in [0, 0.1) is 0 Å². The number of thioether (sulfide) groups is 1. The molecule has 2 aromatic heterocycles. The van der Waals surface area contributed by atoms with Crippen LogP contribution in [0.4, 0.5) is 5.82 Å². The highest BCUT2D eigenvalue weighted by Gasteiger charge is 2.32. The van der Waals surface area contributed by atoms with Crippen LogP contribution in [0.3, 0.4) is 0 Å². The van der Waals surface area contributed by atoms with E-state index in [1.54, 1.807) is 29.1 Å². The first kappa shape index (κ1) is 15.2. The maximum absolute atomic E-state index is 12.3. The van der Waals surface area contributed by atoms with Gasteiger partial charge in [-0.15, -0.1) is 0 Å². The molecule has 0 saturated carbocycles. The topological polar surface area (TPSA) is 71.9 Å². The fourth-order valence-corrected chi connectivity index (χ4v) is 3.16. The zero-order valence-electron chi connectivity index (χ0n) is 12.0. The Labute approximate surface area is 137 Å². The van der Waals surface area contributed by atoms with Gasteiger partial charge < -0.3 is 0 Å². The lowest BCUT2D eigenvalue weighted by atomic mass is 10.3. The maximum Gasteiger partial charge on any atom is 0.233 e. The van der Waals surface area contributed by atoms with E-state index < -0.39 is 0 Å². The number of rotatable bonds is 5. The van der Waals surface area contributed by atoms with Crippen molar-refractivity contribution in [2.45, 2.75) is 31.5 Å². The predicted octanol–water partition coefficient (Wildman–Crippen LogP) is 2.51. The third-order valence-electron chi connectivity index (χ3n) is 3.19. The highest BCUT2D eigenvalue weighted by atomic mass is 35.5. The third kappa shape index (κ3) is 3.05. The van der Waals surface area contributed by atoms with Crippen molar-refractivity contribution < 1.29 is 4.79 Å². The molecule has 0 unspecified atom stereocenters. The second kappa shape index (κ2) is 6.58. The summed E-state index contributed by atoms with van der Waals surface area (Å²) in [4.78, 5) is 30.6. The summed E-state index contributed by atoms with van der Waals surface area (Å²) in [5.74, 6) is 1.48.